The van der Waals surface area contributed by atoms with Gasteiger partial charge in [0.05, 0.1) is 25.4 Å². The van der Waals surface area contributed by atoms with Crippen molar-refractivity contribution >= 4 is 5.78 Å². The van der Waals surface area contributed by atoms with Crippen molar-refractivity contribution in [3.63, 3.8) is 0 Å². The fraction of sp³-hybridized carbons (Fsp3) is 0.533. The molecule has 0 aliphatic carbocycles. The molecule has 1 aliphatic heterocycles. The van der Waals surface area contributed by atoms with Crippen LogP contribution < -0.4 is 0 Å². The normalized spacial score (nSPS) is 23.8. The van der Waals surface area contributed by atoms with Crippen LogP contribution in [0.1, 0.15) is 12.5 Å². The first-order chi connectivity index (χ1) is 9.56. The number of ether oxygens (including phenoxy) is 1. The molecule has 0 amide bonds. The molecule has 1 aromatic rings. The molecule has 110 valence electrons. The van der Waals surface area contributed by atoms with Gasteiger partial charge in [-0.05, 0) is 24.6 Å². The second-order valence-corrected chi connectivity index (χ2v) is 5.29. The first kappa shape index (κ1) is 15.1. The smallest absolute Gasteiger partial charge is 0.151 e. The van der Waals surface area contributed by atoms with Crippen LogP contribution in [0.5, 0.6) is 0 Å². The van der Waals surface area contributed by atoms with Gasteiger partial charge >= 0.3 is 0 Å². The Labute approximate surface area is 118 Å². The lowest BCUT2D eigenvalue weighted by Crippen LogP contribution is -2.49. The van der Waals surface area contributed by atoms with Gasteiger partial charge in [0.1, 0.15) is 5.82 Å². The molecular weight excluding hydrogens is 261 g/mol. The van der Waals surface area contributed by atoms with Gasteiger partial charge in [0, 0.05) is 19.5 Å². The van der Waals surface area contributed by atoms with Gasteiger partial charge in [0.15, 0.2) is 5.78 Å². The van der Waals surface area contributed by atoms with E-state index in [4.69, 9.17) is 9.84 Å². The lowest BCUT2D eigenvalue weighted by molar-refractivity contribution is -0.126. The summed E-state index contributed by atoms with van der Waals surface area (Å²) in [5, 5.41) is 9.15. The second kappa shape index (κ2) is 6.92. The van der Waals surface area contributed by atoms with Gasteiger partial charge in [-0.25, -0.2) is 4.39 Å². The number of rotatable bonds is 5. The molecule has 5 heteroatoms. The third kappa shape index (κ3) is 4.37. The number of benzene rings is 1. The van der Waals surface area contributed by atoms with Crippen molar-refractivity contribution in [1.29, 1.82) is 0 Å². The summed E-state index contributed by atoms with van der Waals surface area (Å²) in [5.41, 5.74) is 0.816. The van der Waals surface area contributed by atoms with Crippen LogP contribution in [0.15, 0.2) is 24.3 Å². The van der Waals surface area contributed by atoms with Gasteiger partial charge in [-0.15, -0.1) is 0 Å². The number of carbonyl (C=O) groups is 1. The van der Waals surface area contributed by atoms with Crippen LogP contribution in [0.3, 0.4) is 0 Å². The predicted molar refractivity (Wildman–Crippen MR) is 73.0 cm³/mol. The van der Waals surface area contributed by atoms with E-state index in [1.54, 1.807) is 12.1 Å². The number of halogens is 1. The first-order valence-electron chi connectivity index (χ1n) is 6.81. The molecule has 0 bridgehead atoms. The highest BCUT2D eigenvalue weighted by atomic mass is 19.1. The topological polar surface area (TPSA) is 49.8 Å². The number of ketones is 1. The lowest BCUT2D eigenvalue weighted by atomic mass is 10.1. The Kier molecular flexibility index (Phi) is 5.23. The van der Waals surface area contributed by atoms with Crippen LogP contribution in [0.4, 0.5) is 4.39 Å². The number of hydrogen-bond donors (Lipinski definition) is 1. The Morgan fingerprint density at radius 2 is 2.10 bits per heavy atom. The number of morpholine rings is 1. The molecule has 1 heterocycles. The molecule has 2 atom stereocenters. The zero-order valence-corrected chi connectivity index (χ0v) is 11.6. The van der Waals surface area contributed by atoms with Crippen LogP contribution in [-0.4, -0.2) is 54.2 Å². The molecule has 1 aliphatic rings. The Hall–Kier alpha value is -1.30. The van der Waals surface area contributed by atoms with Crippen molar-refractivity contribution in [3.05, 3.63) is 35.6 Å². The van der Waals surface area contributed by atoms with Crippen molar-refractivity contribution in [3.8, 4) is 0 Å². The molecule has 0 saturated carbocycles. The summed E-state index contributed by atoms with van der Waals surface area (Å²) in [7, 11) is 0. The number of carbonyl (C=O) groups excluding carboxylic acids is 1. The summed E-state index contributed by atoms with van der Waals surface area (Å²) in [6.45, 7) is 3.48. The molecule has 0 spiro atoms. The highest BCUT2D eigenvalue weighted by Crippen LogP contribution is 2.11. The molecule has 4 nitrogen and oxygen atoms in total. The zero-order chi connectivity index (χ0) is 14.5. The number of Topliss-reactive ketones (excluding diaryl/α,β-unsaturated/α-hetero) is 1. The van der Waals surface area contributed by atoms with Gasteiger partial charge < -0.3 is 9.84 Å². The van der Waals surface area contributed by atoms with Crippen molar-refractivity contribution in [1.82, 2.24) is 4.90 Å². The second-order valence-electron chi connectivity index (χ2n) is 5.29. The number of nitrogens with zero attached hydrogens (tertiary/aromatic N) is 1. The Bertz CT molecular complexity index is 449. The molecule has 1 saturated heterocycles. The summed E-state index contributed by atoms with van der Waals surface area (Å²) in [5.74, 6) is -0.212. The maximum atomic E-state index is 12.8. The lowest BCUT2D eigenvalue weighted by Gasteiger charge is -2.35. The van der Waals surface area contributed by atoms with E-state index >= 15 is 0 Å². The fourth-order valence-electron chi connectivity index (χ4n) is 2.51. The maximum absolute atomic E-state index is 12.8. The van der Waals surface area contributed by atoms with E-state index in [9.17, 15) is 9.18 Å². The van der Waals surface area contributed by atoms with Crippen LogP contribution in [0.2, 0.25) is 0 Å². The zero-order valence-electron chi connectivity index (χ0n) is 11.6. The van der Waals surface area contributed by atoms with Crippen molar-refractivity contribution < 1.29 is 19.0 Å². The molecule has 1 fully saturated rings. The minimum Gasteiger partial charge on any atom is -0.394 e. The number of hydrogen-bond acceptors (Lipinski definition) is 4. The van der Waals surface area contributed by atoms with E-state index in [1.807, 2.05) is 11.8 Å². The molecule has 1 N–H and O–H groups in total. The van der Waals surface area contributed by atoms with Crippen LogP contribution in [0, 0.1) is 5.82 Å². The minimum absolute atomic E-state index is 0.0134. The summed E-state index contributed by atoms with van der Waals surface area (Å²) in [4.78, 5) is 14.0. The average molecular weight is 281 g/mol. The largest absolute Gasteiger partial charge is 0.394 e. The summed E-state index contributed by atoms with van der Waals surface area (Å²) in [6.07, 6.45) is 0.0902. The van der Waals surface area contributed by atoms with Gasteiger partial charge in [-0.1, -0.05) is 12.1 Å². The Morgan fingerprint density at radius 3 is 2.75 bits per heavy atom. The average Bonchev–Trinajstić information content (AvgIpc) is 2.40. The monoisotopic (exact) mass is 281 g/mol. The third-order valence-electron chi connectivity index (χ3n) is 3.32. The fourth-order valence-corrected chi connectivity index (χ4v) is 2.51. The van der Waals surface area contributed by atoms with E-state index in [1.165, 1.54) is 12.1 Å². The SMILES string of the molecule is CC1CN(CC(=O)Cc2ccc(F)cc2)CC(CO)O1. The maximum Gasteiger partial charge on any atom is 0.151 e. The van der Waals surface area contributed by atoms with Gasteiger partial charge in [-0.2, -0.15) is 0 Å². The summed E-state index contributed by atoms with van der Waals surface area (Å²) >= 11 is 0. The number of aliphatic hydroxyl groups is 1. The molecule has 2 unspecified atom stereocenters. The minimum atomic E-state index is -0.297. The van der Waals surface area contributed by atoms with Gasteiger partial charge in [-0.3, -0.25) is 9.69 Å². The van der Waals surface area contributed by atoms with E-state index in [-0.39, 0.29) is 30.4 Å². The first-order valence-corrected chi connectivity index (χ1v) is 6.81. The molecule has 0 radical (unpaired) electrons. The Balaban J connectivity index is 1.86. The Morgan fingerprint density at radius 1 is 1.40 bits per heavy atom. The van der Waals surface area contributed by atoms with Crippen molar-refractivity contribution in [2.24, 2.45) is 0 Å². The highest BCUT2D eigenvalue weighted by Gasteiger charge is 2.25. The molecule has 2 rings (SSSR count). The standard InChI is InChI=1S/C15H20FNO3/c1-11-7-17(9-15(10-18)20-11)8-14(19)6-12-2-4-13(16)5-3-12/h2-5,11,15,18H,6-10H2,1H3. The third-order valence-corrected chi connectivity index (χ3v) is 3.32. The molecule has 0 aromatic heterocycles. The predicted octanol–water partition coefficient (Wildman–Crippen LogP) is 1.02. The van der Waals surface area contributed by atoms with E-state index in [0.717, 1.165) is 5.56 Å². The quantitative estimate of drug-likeness (QED) is 0.875. The summed E-state index contributed by atoms with van der Waals surface area (Å²) < 4.78 is 18.3. The van der Waals surface area contributed by atoms with E-state index in [2.05, 4.69) is 0 Å². The highest BCUT2D eigenvalue weighted by molar-refractivity contribution is 5.82. The van der Waals surface area contributed by atoms with Crippen LogP contribution in [0.25, 0.3) is 0 Å². The van der Waals surface area contributed by atoms with E-state index in [0.29, 0.717) is 26.1 Å². The molecule has 1 aromatic carbocycles. The van der Waals surface area contributed by atoms with Gasteiger partial charge in [0.2, 0.25) is 0 Å². The summed E-state index contributed by atoms with van der Waals surface area (Å²) in [6, 6.07) is 5.99. The van der Waals surface area contributed by atoms with Crippen LogP contribution in [-0.2, 0) is 16.0 Å². The van der Waals surface area contributed by atoms with E-state index < -0.39 is 0 Å². The molecular formula is C15H20FNO3. The van der Waals surface area contributed by atoms with Crippen LogP contribution >= 0.6 is 0 Å². The van der Waals surface area contributed by atoms with Crippen molar-refractivity contribution in [2.45, 2.75) is 25.6 Å². The number of aliphatic hydroxyl groups excluding tert-OH is 1. The van der Waals surface area contributed by atoms with Gasteiger partial charge in [0.25, 0.3) is 0 Å². The van der Waals surface area contributed by atoms with Crippen molar-refractivity contribution in [2.75, 3.05) is 26.2 Å². The molecule has 20 heavy (non-hydrogen) atoms.